The van der Waals surface area contributed by atoms with E-state index < -0.39 is 0 Å². The number of hydrogen-bond donors (Lipinski definition) is 1. The number of likely N-dealkylation sites (N-methyl/N-ethyl adjacent to an activating group) is 1. The zero-order valence-corrected chi connectivity index (χ0v) is 10.9. The van der Waals surface area contributed by atoms with E-state index in [9.17, 15) is 0 Å². The molecule has 0 heterocycles. The summed E-state index contributed by atoms with van der Waals surface area (Å²) in [5, 5.41) is 3.47. The van der Waals surface area contributed by atoms with E-state index in [0.717, 1.165) is 25.6 Å². The molecule has 2 nitrogen and oxygen atoms in total. The van der Waals surface area contributed by atoms with Gasteiger partial charge >= 0.3 is 0 Å². The van der Waals surface area contributed by atoms with Crippen molar-refractivity contribution in [2.45, 2.75) is 46.6 Å². The second kappa shape index (κ2) is 6.41. The van der Waals surface area contributed by atoms with Crippen molar-refractivity contribution in [1.82, 2.24) is 10.2 Å². The number of nitrogens with zero attached hydrogens (tertiary/aromatic N) is 1. The number of hydrogen-bond acceptors (Lipinski definition) is 2. The van der Waals surface area contributed by atoms with Crippen molar-refractivity contribution < 1.29 is 0 Å². The summed E-state index contributed by atoms with van der Waals surface area (Å²) in [7, 11) is 2.21. The standard InChI is InChI=1S/C12H28N2/c1-7-12(4,5)14(6)9-8-13-10-11(2)3/h11,13H,7-10H2,1-6H3. The van der Waals surface area contributed by atoms with E-state index in [1.807, 2.05) is 0 Å². The maximum Gasteiger partial charge on any atom is 0.0148 e. The van der Waals surface area contributed by atoms with Gasteiger partial charge in [0.05, 0.1) is 0 Å². The molecular weight excluding hydrogens is 172 g/mol. The van der Waals surface area contributed by atoms with Gasteiger partial charge in [-0.05, 0) is 39.8 Å². The largest absolute Gasteiger partial charge is 0.315 e. The number of nitrogens with one attached hydrogen (secondary N) is 1. The van der Waals surface area contributed by atoms with Gasteiger partial charge in [-0.3, -0.25) is 4.90 Å². The first-order valence-electron chi connectivity index (χ1n) is 5.82. The summed E-state index contributed by atoms with van der Waals surface area (Å²) in [6.45, 7) is 14.7. The molecule has 0 aromatic carbocycles. The van der Waals surface area contributed by atoms with Gasteiger partial charge in [0.15, 0.2) is 0 Å². The van der Waals surface area contributed by atoms with E-state index in [-0.39, 0.29) is 0 Å². The Hall–Kier alpha value is -0.0800. The molecule has 0 rings (SSSR count). The molecule has 0 aliphatic carbocycles. The summed E-state index contributed by atoms with van der Waals surface area (Å²) in [4.78, 5) is 2.43. The smallest absolute Gasteiger partial charge is 0.0148 e. The molecule has 0 aromatic heterocycles. The van der Waals surface area contributed by atoms with Gasteiger partial charge in [0, 0.05) is 18.6 Å². The minimum Gasteiger partial charge on any atom is -0.315 e. The molecule has 0 unspecified atom stereocenters. The van der Waals surface area contributed by atoms with Crippen molar-refractivity contribution in [3.05, 3.63) is 0 Å². The Bertz CT molecular complexity index is 141. The van der Waals surface area contributed by atoms with Gasteiger partial charge in [0.2, 0.25) is 0 Å². The van der Waals surface area contributed by atoms with Crippen LogP contribution < -0.4 is 5.32 Å². The molecule has 0 fully saturated rings. The zero-order valence-electron chi connectivity index (χ0n) is 10.9. The summed E-state index contributed by atoms with van der Waals surface area (Å²) < 4.78 is 0. The van der Waals surface area contributed by atoms with Gasteiger partial charge < -0.3 is 5.32 Å². The lowest BCUT2D eigenvalue weighted by Crippen LogP contribution is -2.44. The highest BCUT2D eigenvalue weighted by Crippen LogP contribution is 2.15. The Kier molecular flexibility index (Phi) is 6.38. The second-order valence-electron chi connectivity index (χ2n) is 5.19. The van der Waals surface area contributed by atoms with E-state index in [2.05, 4.69) is 51.9 Å². The van der Waals surface area contributed by atoms with Crippen LogP contribution in [0, 0.1) is 5.92 Å². The minimum atomic E-state index is 0.333. The van der Waals surface area contributed by atoms with Gasteiger partial charge in [0.25, 0.3) is 0 Å². The molecule has 14 heavy (non-hydrogen) atoms. The van der Waals surface area contributed by atoms with Crippen molar-refractivity contribution in [2.75, 3.05) is 26.7 Å². The molecule has 0 spiro atoms. The van der Waals surface area contributed by atoms with E-state index in [1.54, 1.807) is 0 Å². The van der Waals surface area contributed by atoms with Crippen LogP contribution in [-0.4, -0.2) is 37.1 Å². The Morgan fingerprint density at radius 2 is 1.86 bits per heavy atom. The molecule has 0 amide bonds. The number of rotatable bonds is 7. The van der Waals surface area contributed by atoms with Crippen molar-refractivity contribution in [3.8, 4) is 0 Å². The molecule has 0 saturated carbocycles. The summed E-state index contributed by atoms with van der Waals surface area (Å²) in [5.41, 5.74) is 0.333. The molecule has 0 aliphatic heterocycles. The first-order valence-corrected chi connectivity index (χ1v) is 5.82. The van der Waals surface area contributed by atoms with Crippen molar-refractivity contribution in [1.29, 1.82) is 0 Å². The van der Waals surface area contributed by atoms with Gasteiger partial charge in [-0.15, -0.1) is 0 Å². The third kappa shape index (κ3) is 5.61. The van der Waals surface area contributed by atoms with Crippen LogP contribution in [0.2, 0.25) is 0 Å². The van der Waals surface area contributed by atoms with Crippen LogP contribution in [0.3, 0.4) is 0 Å². The van der Waals surface area contributed by atoms with Gasteiger partial charge in [0.1, 0.15) is 0 Å². The molecule has 0 aromatic rings. The first-order chi connectivity index (χ1) is 6.40. The Morgan fingerprint density at radius 3 is 2.29 bits per heavy atom. The monoisotopic (exact) mass is 200 g/mol. The third-order valence-corrected chi connectivity index (χ3v) is 3.08. The maximum atomic E-state index is 3.47. The Labute approximate surface area is 90.1 Å². The fraction of sp³-hybridized carbons (Fsp3) is 1.00. The molecule has 0 radical (unpaired) electrons. The van der Waals surface area contributed by atoms with Crippen LogP contribution in [0.5, 0.6) is 0 Å². The van der Waals surface area contributed by atoms with Crippen molar-refractivity contribution in [3.63, 3.8) is 0 Å². The van der Waals surface area contributed by atoms with Crippen LogP contribution in [0.4, 0.5) is 0 Å². The fourth-order valence-corrected chi connectivity index (χ4v) is 1.21. The molecule has 2 heteroatoms. The Balaban J connectivity index is 3.59. The lowest BCUT2D eigenvalue weighted by molar-refractivity contribution is 0.152. The Morgan fingerprint density at radius 1 is 1.29 bits per heavy atom. The van der Waals surface area contributed by atoms with E-state index >= 15 is 0 Å². The highest BCUT2D eigenvalue weighted by atomic mass is 15.2. The van der Waals surface area contributed by atoms with E-state index in [1.165, 1.54) is 6.42 Å². The van der Waals surface area contributed by atoms with Crippen molar-refractivity contribution >= 4 is 0 Å². The van der Waals surface area contributed by atoms with Crippen LogP contribution in [0.25, 0.3) is 0 Å². The molecule has 86 valence electrons. The highest BCUT2D eigenvalue weighted by molar-refractivity contribution is 4.77. The van der Waals surface area contributed by atoms with Gasteiger partial charge in [-0.1, -0.05) is 20.8 Å². The molecule has 0 atom stereocenters. The molecule has 0 bridgehead atoms. The molecule has 0 saturated heterocycles. The SMILES string of the molecule is CCC(C)(C)N(C)CCNCC(C)C. The minimum absolute atomic E-state index is 0.333. The van der Waals surface area contributed by atoms with Gasteiger partial charge in [-0.25, -0.2) is 0 Å². The van der Waals surface area contributed by atoms with Crippen LogP contribution in [-0.2, 0) is 0 Å². The molecule has 0 aliphatic rings. The van der Waals surface area contributed by atoms with Crippen LogP contribution >= 0.6 is 0 Å². The first kappa shape index (κ1) is 13.9. The fourth-order valence-electron chi connectivity index (χ4n) is 1.21. The van der Waals surface area contributed by atoms with Crippen LogP contribution in [0.1, 0.15) is 41.0 Å². The summed E-state index contributed by atoms with van der Waals surface area (Å²) >= 11 is 0. The average molecular weight is 200 g/mol. The van der Waals surface area contributed by atoms with E-state index in [0.29, 0.717) is 5.54 Å². The average Bonchev–Trinajstić information content (AvgIpc) is 2.11. The third-order valence-electron chi connectivity index (χ3n) is 3.08. The predicted octanol–water partition coefficient (Wildman–Crippen LogP) is 2.35. The zero-order chi connectivity index (χ0) is 11.2. The quantitative estimate of drug-likeness (QED) is 0.635. The van der Waals surface area contributed by atoms with Gasteiger partial charge in [-0.2, -0.15) is 0 Å². The van der Waals surface area contributed by atoms with E-state index in [4.69, 9.17) is 0 Å². The molecule has 1 N–H and O–H groups in total. The predicted molar refractivity (Wildman–Crippen MR) is 64.7 cm³/mol. The van der Waals surface area contributed by atoms with Crippen molar-refractivity contribution in [2.24, 2.45) is 5.92 Å². The topological polar surface area (TPSA) is 15.3 Å². The van der Waals surface area contributed by atoms with Crippen LogP contribution in [0.15, 0.2) is 0 Å². The lowest BCUT2D eigenvalue weighted by atomic mass is 10.0. The normalized spacial score (nSPS) is 12.9. The maximum absolute atomic E-state index is 3.47. The summed E-state index contributed by atoms with van der Waals surface area (Å²) in [6, 6.07) is 0. The summed E-state index contributed by atoms with van der Waals surface area (Å²) in [5.74, 6) is 0.750. The second-order valence-corrected chi connectivity index (χ2v) is 5.19. The highest BCUT2D eigenvalue weighted by Gasteiger charge is 2.19. The lowest BCUT2D eigenvalue weighted by Gasteiger charge is -2.34. The summed E-state index contributed by atoms with van der Waals surface area (Å²) in [6.07, 6.45) is 1.20. The molecular formula is C12H28N2.